The van der Waals surface area contributed by atoms with Gasteiger partial charge in [0.05, 0.1) is 17.1 Å². The minimum Gasteiger partial charge on any atom is -0.388 e. The Kier molecular flexibility index (Phi) is 3.12. The largest absolute Gasteiger partial charge is 0.388 e. The standard InChI is InChI=1S/C15H16N2OS/c1-10-8-19-9-11(10)14(18)7-15-16-12-5-3-4-6-13(12)17(15)2/h3-6,8-9,14,18H,7H2,1-2H3. The molecule has 0 spiro atoms. The third kappa shape index (κ3) is 2.17. The van der Waals surface area contributed by atoms with E-state index in [9.17, 15) is 5.11 Å². The highest BCUT2D eigenvalue weighted by Crippen LogP contribution is 2.25. The lowest BCUT2D eigenvalue weighted by atomic mass is 10.1. The second-order valence-electron chi connectivity index (χ2n) is 4.81. The van der Waals surface area contributed by atoms with Crippen molar-refractivity contribution in [2.45, 2.75) is 19.4 Å². The molecule has 1 atom stereocenters. The van der Waals surface area contributed by atoms with Crippen molar-refractivity contribution in [3.05, 3.63) is 52.0 Å². The molecule has 0 aliphatic rings. The van der Waals surface area contributed by atoms with Crippen molar-refractivity contribution < 1.29 is 5.11 Å². The second kappa shape index (κ2) is 4.79. The first-order chi connectivity index (χ1) is 9.16. The van der Waals surface area contributed by atoms with Gasteiger partial charge >= 0.3 is 0 Å². The Morgan fingerprint density at radius 3 is 2.79 bits per heavy atom. The minimum absolute atomic E-state index is 0.484. The number of thiophene rings is 1. The molecule has 0 radical (unpaired) electrons. The number of benzene rings is 1. The van der Waals surface area contributed by atoms with E-state index in [1.807, 2.05) is 43.6 Å². The molecule has 0 amide bonds. The molecule has 19 heavy (non-hydrogen) atoms. The fraction of sp³-hybridized carbons (Fsp3) is 0.267. The zero-order valence-electron chi connectivity index (χ0n) is 11.0. The molecule has 3 nitrogen and oxygen atoms in total. The average Bonchev–Trinajstić information content (AvgIpc) is 2.95. The number of aliphatic hydroxyl groups excluding tert-OH is 1. The van der Waals surface area contributed by atoms with Gasteiger partial charge < -0.3 is 9.67 Å². The zero-order chi connectivity index (χ0) is 13.4. The number of nitrogens with zero attached hydrogens (tertiary/aromatic N) is 2. The van der Waals surface area contributed by atoms with Gasteiger partial charge in [-0.3, -0.25) is 0 Å². The first-order valence-corrected chi connectivity index (χ1v) is 7.22. The normalized spacial score (nSPS) is 13.0. The number of aryl methyl sites for hydroxylation is 2. The van der Waals surface area contributed by atoms with Crippen LogP contribution in [0.2, 0.25) is 0 Å². The van der Waals surface area contributed by atoms with Crippen molar-refractivity contribution in [2.75, 3.05) is 0 Å². The second-order valence-corrected chi connectivity index (χ2v) is 5.55. The Balaban J connectivity index is 1.93. The van der Waals surface area contributed by atoms with E-state index in [4.69, 9.17) is 0 Å². The molecule has 0 aliphatic carbocycles. The molecule has 1 aromatic carbocycles. The van der Waals surface area contributed by atoms with Gasteiger partial charge in [-0.05, 0) is 40.9 Å². The summed E-state index contributed by atoms with van der Waals surface area (Å²) in [6, 6.07) is 8.04. The molecule has 0 aliphatic heterocycles. The maximum atomic E-state index is 10.3. The van der Waals surface area contributed by atoms with E-state index in [1.165, 1.54) is 0 Å². The summed E-state index contributed by atoms with van der Waals surface area (Å²) >= 11 is 1.63. The van der Waals surface area contributed by atoms with Crippen molar-refractivity contribution in [3.8, 4) is 0 Å². The van der Waals surface area contributed by atoms with E-state index < -0.39 is 6.10 Å². The van der Waals surface area contributed by atoms with Crippen LogP contribution >= 0.6 is 11.3 Å². The van der Waals surface area contributed by atoms with Crippen molar-refractivity contribution in [3.63, 3.8) is 0 Å². The lowest BCUT2D eigenvalue weighted by molar-refractivity contribution is 0.175. The number of imidazole rings is 1. The Morgan fingerprint density at radius 1 is 1.32 bits per heavy atom. The van der Waals surface area contributed by atoms with Crippen LogP contribution in [-0.4, -0.2) is 14.7 Å². The monoisotopic (exact) mass is 272 g/mol. The molecule has 0 saturated carbocycles. The topological polar surface area (TPSA) is 38.1 Å². The first kappa shape index (κ1) is 12.4. The summed E-state index contributed by atoms with van der Waals surface area (Å²) in [4.78, 5) is 4.60. The van der Waals surface area contributed by atoms with Gasteiger partial charge in [0.2, 0.25) is 0 Å². The van der Waals surface area contributed by atoms with Crippen molar-refractivity contribution in [2.24, 2.45) is 7.05 Å². The SMILES string of the molecule is Cc1cscc1C(O)Cc1nc2ccccc2n1C. The van der Waals surface area contributed by atoms with Gasteiger partial charge in [-0.25, -0.2) is 4.98 Å². The highest BCUT2D eigenvalue weighted by Gasteiger charge is 2.16. The van der Waals surface area contributed by atoms with Crippen molar-refractivity contribution >= 4 is 22.4 Å². The van der Waals surface area contributed by atoms with Gasteiger partial charge in [0, 0.05) is 13.5 Å². The molecule has 3 rings (SSSR count). The van der Waals surface area contributed by atoms with E-state index in [2.05, 4.69) is 14.9 Å². The highest BCUT2D eigenvalue weighted by molar-refractivity contribution is 7.08. The van der Waals surface area contributed by atoms with E-state index in [0.717, 1.165) is 28.0 Å². The molecule has 0 bridgehead atoms. The quantitative estimate of drug-likeness (QED) is 0.795. The number of fused-ring (bicyclic) bond motifs is 1. The van der Waals surface area contributed by atoms with E-state index in [0.29, 0.717) is 6.42 Å². The van der Waals surface area contributed by atoms with E-state index >= 15 is 0 Å². The summed E-state index contributed by atoms with van der Waals surface area (Å²) in [7, 11) is 2.00. The summed E-state index contributed by atoms with van der Waals surface area (Å²) in [6.07, 6.45) is 0.0599. The van der Waals surface area contributed by atoms with Crippen molar-refractivity contribution in [1.29, 1.82) is 0 Å². The predicted molar refractivity (Wildman–Crippen MR) is 78.4 cm³/mol. The summed E-state index contributed by atoms with van der Waals surface area (Å²) < 4.78 is 2.06. The van der Waals surface area contributed by atoms with E-state index in [-0.39, 0.29) is 0 Å². The van der Waals surface area contributed by atoms with Crippen LogP contribution in [-0.2, 0) is 13.5 Å². The molecule has 0 saturated heterocycles. The van der Waals surface area contributed by atoms with Crippen LogP contribution < -0.4 is 0 Å². The Labute approximate surface area is 116 Å². The third-order valence-electron chi connectivity index (χ3n) is 3.51. The number of para-hydroxylation sites is 2. The molecule has 3 aromatic rings. The van der Waals surface area contributed by atoms with Crippen LogP contribution in [0.4, 0.5) is 0 Å². The Bertz CT molecular complexity index is 714. The molecule has 1 N–H and O–H groups in total. The Hall–Kier alpha value is -1.65. The van der Waals surface area contributed by atoms with E-state index in [1.54, 1.807) is 11.3 Å². The van der Waals surface area contributed by atoms with Gasteiger partial charge in [-0.1, -0.05) is 12.1 Å². The van der Waals surface area contributed by atoms with Crippen LogP contribution in [0.25, 0.3) is 11.0 Å². The van der Waals surface area contributed by atoms with Crippen LogP contribution in [0.5, 0.6) is 0 Å². The van der Waals surface area contributed by atoms with Crippen LogP contribution in [0, 0.1) is 6.92 Å². The van der Waals surface area contributed by atoms with Gasteiger partial charge in [0.25, 0.3) is 0 Å². The summed E-state index contributed by atoms with van der Waals surface area (Å²) in [5.41, 5.74) is 4.24. The van der Waals surface area contributed by atoms with Gasteiger partial charge in [0.1, 0.15) is 5.82 Å². The smallest absolute Gasteiger partial charge is 0.112 e. The maximum absolute atomic E-state index is 10.3. The first-order valence-electron chi connectivity index (χ1n) is 6.28. The predicted octanol–water partition coefficient (Wildman–Crippen LogP) is 3.22. The summed E-state index contributed by atoms with van der Waals surface area (Å²) in [6.45, 7) is 2.03. The third-order valence-corrected chi connectivity index (χ3v) is 4.39. The van der Waals surface area contributed by atoms with Gasteiger partial charge in [-0.2, -0.15) is 11.3 Å². The molecular formula is C15H16N2OS. The zero-order valence-corrected chi connectivity index (χ0v) is 11.8. The summed E-state index contributed by atoms with van der Waals surface area (Å²) in [5.74, 6) is 0.916. The van der Waals surface area contributed by atoms with Crippen LogP contribution in [0.15, 0.2) is 35.0 Å². The highest BCUT2D eigenvalue weighted by atomic mass is 32.1. The lowest BCUT2D eigenvalue weighted by Crippen LogP contribution is -2.07. The fourth-order valence-corrected chi connectivity index (χ4v) is 3.27. The average molecular weight is 272 g/mol. The van der Waals surface area contributed by atoms with Crippen LogP contribution in [0.3, 0.4) is 0 Å². The number of hydrogen-bond acceptors (Lipinski definition) is 3. The molecule has 0 fully saturated rings. The number of rotatable bonds is 3. The molecule has 4 heteroatoms. The fourth-order valence-electron chi connectivity index (χ4n) is 2.37. The molecular weight excluding hydrogens is 256 g/mol. The number of hydrogen-bond donors (Lipinski definition) is 1. The van der Waals surface area contributed by atoms with Gasteiger partial charge in [-0.15, -0.1) is 0 Å². The molecule has 1 unspecified atom stereocenters. The Morgan fingerprint density at radius 2 is 2.11 bits per heavy atom. The lowest BCUT2D eigenvalue weighted by Gasteiger charge is -2.10. The van der Waals surface area contributed by atoms with Gasteiger partial charge in [0.15, 0.2) is 0 Å². The molecule has 2 heterocycles. The number of aromatic nitrogens is 2. The van der Waals surface area contributed by atoms with Crippen LogP contribution in [0.1, 0.15) is 23.1 Å². The molecule has 2 aromatic heterocycles. The summed E-state index contributed by atoms with van der Waals surface area (Å²) in [5, 5.41) is 14.4. The molecule has 98 valence electrons. The van der Waals surface area contributed by atoms with Crippen molar-refractivity contribution in [1.82, 2.24) is 9.55 Å². The number of aliphatic hydroxyl groups is 1. The minimum atomic E-state index is -0.484. The maximum Gasteiger partial charge on any atom is 0.112 e.